The normalized spacial score (nSPS) is 10.5. The van der Waals surface area contributed by atoms with Crippen LogP contribution in [0, 0.1) is 11.7 Å². The van der Waals surface area contributed by atoms with Crippen LogP contribution in [0.25, 0.3) is 0 Å². The Hall–Kier alpha value is -1.38. The number of esters is 1. The maximum Gasteiger partial charge on any atom is 0.337 e. The summed E-state index contributed by atoms with van der Waals surface area (Å²) in [5.41, 5.74) is 0.889. The number of carbonyl (C=O) groups excluding carboxylic acids is 1. The van der Waals surface area contributed by atoms with E-state index in [1.807, 2.05) is 13.8 Å². The third-order valence-electron chi connectivity index (χ3n) is 2.10. The van der Waals surface area contributed by atoms with Gasteiger partial charge in [-0.15, -0.1) is 0 Å². The van der Waals surface area contributed by atoms with Crippen LogP contribution in [0.4, 0.5) is 4.39 Å². The average Bonchev–Trinajstić information content (AvgIpc) is 2.19. The van der Waals surface area contributed by atoms with Gasteiger partial charge in [-0.1, -0.05) is 19.9 Å². The second-order valence-corrected chi connectivity index (χ2v) is 3.90. The summed E-state index contributed by atoms with van der Waals surface area (Å²) in [4.78, 5) is 11.1. The molecule has 82 valence electrons. The highest BCUT2D eigenvalue weighted by Crippen LogP contribution is 2.15. The van der Waals surface area contributed by atoms with Crippen molar-refractivity contribution in [3.63, 3.8) is 0 Å². The number of hydrogen-bond acceptors (Lipinski definition) is 2. The maximum atomic E-state index is 13.5. The van der Waals surface area contributed by atoms with Gasteiger partial charge in [0, 0.05) is 0 Å². The summed E-state index contributed by atoms with van der Waals surface area (Å²) in [5, 5.41) is 0. The minimum absolute atomic E-state index is 0.252. The van der Waals surface area contributed by atoms with Gasteiger partial charge in [0.05, 0.1) is 12.7 Å². The van der Waals surface area contributed by atoms with Gasteiger partial charge in [0.1, 0.15) is 5.82 Å². The fraction of sp³-hybridized carbons (Fsp3) is 0.417. The lowest BCUT2D eigenvalue weighted by molar-refractivity contribution is 0.0600. The van der Waals surface area contributed by atoms with Crippen molar-refractivity contribution in [3.8, 4) is 0 Å². The highest BCUT2D eigenvalue weighted by atomic mass is 19.1. The maximum absolute atomic E-state index is 13.5. The molecule has 0 bridgehead atoms. The molecule has 1 aromatic rings. The first-order valence-corrected chi connectivity index (χ1v) is 4.91. The molecule has 0 saturated heterocycles. The van der Waals surface area contributed by atoms with E-state index in [4.69, 9.17) is 0 Å². The summed E-state index contributed by atoms with van der Waals surface area (Å²) in [6.07, 6.45) is 0.674. The topological polar surface area (TPSA) is 26.3 Å². The molecule has 1 aromatic carbocycles. The zero-order chi connectivity index (χ0) is 11.4. The first-order valence-electron chi connectivity index (χ1n) is 4.91. The second kappa shape index (κ2) is 4.91. The number of rotatable bonds is 3. The fourth-order valence-electron chi connectivity index (χ4n) is 1.40. The molecule has 0 aromatic heterocycles. The van der Waals surface area contributed by atoms with Crippen LogP contribution < -0.4 is 0 Å². The predicted octanol–water partition coefficient (Wildman–Crippen LogP) is 2.81. The van der Waals surface area contributed by atoms with Gasteiger partial charge in [-0.05, 0) is 30.0 Å². The van der Waals surface area contributed by atoms with Gasteiger partial charge in [-0.3, -0.25) is 0 Å². The van der Waals surface area contributed by atoms with Crippen molar-refractivity contribution >= 4 is 5.97 Å². The minimum atomic E-state index is -0.509. The molecule has 0 aliphatic carbocycles. The Labute approximate surface area is 89.1 Å². The fourth-order valence-corrected chi connectivity index (χ4v) is 1.40. The van der Waals surface area contributed by atoms with Gasteiger partial charge in [0.15, 0.2) is 0 Å². The first kappa shape index (κ1) is 11.7. The smallest absolute Gasteiger partial charge is 0.337 e. The van der Waals surface area contributed by atoms with Crippen LogP contribution in [0.3, 0.4) is 0 Å². The van der Waals surface area contributed by atoms with Gasteiger partial charge < -0.3 is 4.74 Å². The van der Waals surface area contributed by atoms with E-state index >= 15 is 0 Å². The number of hydrogen-bond donors (Lipinski definition) is 0. The number of benzene rings is 1. The lowest BCUT2D eigenvalue weighted by Crippen LogP contribution is -2.04. The van der Waals surface area contributed by atoms with Gasteiger partial charge in [0.25, 0.3) is 0 Å². The van der Waals surface area contributed by atoms with E-state index in [9.17, 15) is 9.18 Å². The third-order valence-corrected chi connectivity index (χ3v) is 2.10. The molecule has 1 rings (SSSR count). The Morgan fingerprint density at radius 3 is 2.60 bits per heavy atom. The molecule has 15 heavy (non-hydrogen) atoms. The molecular weight excluding hydrogens is 195 g/mol. The van der Waals surface area contributed by atoms with E-state index in [0.717, 1.165) is 0 Å². The van der Waals surface area contributed by atoms with Crippen molar-refractivity contribution in [1.29, 1.82) is 0 Å². The van der Waals surface area contributed by atoms with Gasteiger partial charge >= 0.3 is 5.97 Å². The second-order valence-electron chi connectivity index (χ2n) is 3.90. The Morgan fingerprint density at radius 2 is 2.13 bits per heavy atom. The Balaban J connectivity index is 2.93. The quantitative estimate of drug-likeness (QED) is 0.717. The Morgan fingerprint density at radius 1 is 1.47 bits per heavy atom. The molecule has 0 fully saturated rings. The molecule has 0 radical (unpaired) electrons. The van der Waals surface area contributed by atoms with Crippen LogP contribution in [0.2, 0.25) is 0 Å². The first-order chi connectivity index (χ1) is 7.04. The highest BCUT2D eigenvalue weighted by molar-refractivity contribution is 5.89. The standard InChI is InChI=1S/C12H15FO2/c1-8(2)6-9-4-5-10(7-11(9)13)12(14)15-3/h4-5,7-8H,6H2,1-3H3. The monoisotopic (exact) mass is 210 g/mol. The summed E-state index contributed by atoms with van der Waals surface area (Å²) in [6.45, 7) is 4.04. The molecule has 0 unspecified atom stereocenters. The molecule has 0 aliphatic heterocycles. The van der Waals surface area contributed by atoms with Crippen molar-refractivity contribution in [2.45, 2.75) is 20.3 Å². The Bertz CT molecular complexity index is 359. The molecule has 0 saturated carbocycles. The largest absolute Gasteiger partial charge is 0.465 e. The molecule has 0 spiro atoms. The van der Waals surface area contributed by atoms with E-state index in [2.05, 4.69) is 4.74 Å². The molecular formula is C12H15FO2. The van der Waals surface area contributed by atoms with E-state index in [0.29, 0.717) is 17.9 Å². The van der Waals surface area contributed by atoms with Crippen molar-refractivity contribution in [2.24, 2.45) is 5.92 Å². The van der Waals surface area contributed by atoms with E-state index in [1.165, 1.54) is 13.2 Å². The average molecular weight is 210 g/mol. The van der Waals surface area contributed by atoms with Crippen LogP contribution in [-0.4, -0.2) is 13.1 Å². The lowest BCUT2D eigenvalue weighted by atomic mass is 10.0. The van der Waals surface area contributed by atoms with Crippen LogP contribution in [0.1, 0.15) is 29.8 Å². The minimum Gasteiger partial charge on any atom is -0.465 e. The summed E-state index contributed by atoms with van der Waals surface area (Å²) in [7, 11) is 1.28. The van der Waals surface area contributed by atoms with Crippen LogP contribution in [-0.2, 0) is 11.2 Å². The van der Waals surface area contributed by atoms with Crippen LogP contribution in [0.5, 0.6) is 0 Å². The van der Waals surface area contributed by atoms with E-state index in [-0.39, 0.29) is 11.4 Å². The zero-order valence-electron chi connectivity index (χ0n) is 9.21. The Kier molecular flexibility index (Phi) is 3.83. The third kappa shape index (κ3) is 3.05. The molecule has 0 atom stereocenters. The number of methoxy groups -OCH3 is 1. The van der Waals surface area contributed by atoms with Crippen molar-refractivity contribution in [1.82, 2.24) is 0 Å². The number of halogens is 1. The molecule has 0 N–H and O–H groups in total. The van der Waals surface area contributed by atoms with Crippen molar-refractivity contribution < 1.29 is 13.9 Å². The SMILES string of the molecule is COC(=O)c1ccc(CC(C)C)c(F)c1. The van der Waals surface area contributed by atoms with Crippen molar-refractivity contribution in [2.75, 3.05) is 7.11 Å². The van der Waals surface area contributed by atoms with Crippen LogP contribution in [0.15, 0.2) is 18.2 Å². The molecule has 2 nitrogen and oxygen atoms in total. The molecule has 3 heteroatoms. The van der Waals surface area contributed by atoms with Crippen LogP contribution >= 0.6 is 0 Å². The summed E-state index contributed by atoms with van der Waals surface area (Å²) in [5.74, 6) is -0.458. The summed E-state index contributed by atoms with van der Waals surface area (Å²) < 4.78 is 18.0. The molecule has 0 heterocycles. The van der Waals surface area contributed by atoms with Crippen molar-refractivity contribution in [3.05, 3.63) is 35.1 Å². The zero-order valence-corrected chi connectivity index (χ0v) is 9.21. The van der Waals surface area contributed by atoms with Gasteiger partial charge in [-0.2, -0.15) is 0 Å². The number of carbonyl (C=O) groups is 1. The summed E-state index contributed by atoms with van der Waals surface area (Å²) in [6, 6.07) is 4.46. The molecule has 0 aliphatic rings. The highest BCUT2D eigenvalue weighted by Gasteiger charge is 2.10. The van der Waals surface area contributed by atoms with E-state index < -0.39 is 5.97 Å². The van der Waals surface area contributed by atoms with Gasteiger partial charge in [-0.25, -0.2) is 9.18 Å². The van der Waals surface area contributed by atoms with E-state index in [1.54, 1.807) is 12.1 Å². The molecule has 0 amide bonds. The predicted molar refractivity (Wildman–Crippen MR) is 56.3 cm³/mol. The van der Waals surface area contributed by atoms with Gasteiger partial charge in [0.2, 0.25) is 0 Å². The lowest BCUT2D eigenvalue weighted by Gasteiger charge is -2.07. The number of ether oxygens (including phenoxy) is 1. The summed E-state index contributed by atoms with van der Waals surface area (Å²) >= 11 is 0.